The molecule has 8 nitrogen and oxygen atoms in total. The predicted octanol–water partition coefficient (Wildman–Crippen LogP) is 4.06. The first kappa shape index (κ1) is 24.0. The molecule has 1 saturated heterocycles. The highest BCUT2D eigenvalue weighted by Gasteiger charge is 2.47. The molecule has 2 aliphatic heterocycles. The van der Waals surface area contributed by atoms with Crippen LogP contribution in [-0.4, -0.2) is 37.4 Å². The molecule has 0 aliphatic carbocycles. The van der Waals surface area contributed by atoms with Gasteiger partial charge < -0.3 is 9.47 Å². The van der Waals surface area contributed by atoms with Crippen molar-refractivity contribution in [1.29, 1.82) is 0 Å². The lowest BCUT2D eigenvalue weighted by atomic mass is 10.0. The van der Waals surface area contributed by atoms with Crippen LogP contribution in [0, 0.1) is 0 Å². The van der Waals surface area contributed by atoms with Crippen LogP contribution in [0.3, 0.4) is 0 Å². The molecule has 9 heteroatoms. The number of carbonyl (C=O) groups is 2. The summed E-state index contributed by atoms with van der Waals surface area (Å²) in [5, 5.41) is 0. The van der Waals surface area contributed by atoms with Crippen LogP contribution in [0.25, 0.3) is 0 Å². The summed E-state index contributed by atoms with van der Waals surface area (Å²) in [4.78, 5) is 27.8. The van der Waals surface area contributed by atoms with Gasteiger partial charge in [-0.25, -0.2) is 13.3 Å². The Kier molecular flexibility index (Phi) is 6.27. The summed E-state index contributed by atoms with van der Waals surface area (Å²) >= 11 is 0. The molecular formula is C27H26N2O6S. The Balaban J connectivity index is 1.51. The lowest BCUT2D eigenvalue weighted by Crippen LogP contribution is -2.45. The normalized spacial score (nSPS) is 17.4. The molecule has 36 heavy (non-hydrogen) atoms. The highest BCUT2D eigenvalue weighted by molar-refractivity contribution is 7.89. The maximum absolute atomic E-state index is 13.8. The molecule has 0 bridgehead atoms. The second-order valence-electron chi connectivity index (χ2n) is 9.08. The largest absolute Gasteiger partial charge is 0.454 e. The van der Waals surface area contributed by atoms with Crippen LogP contribution in [0.4, 0.5) is 5.69 Å². The maximum Gasteiger partial charge on any atom is 0.252 e. The number of amides is 2. The van der Waals surface area contributed by atoms with Gasteiger partial charge in [0.15, 0.2) is 11.5 Å². The van der Waals surface area contributed by atoms with E-state index in [1.54, 1.807) is 48.5 Å². The average molecular weight is 507 g/mol. The fourth-order valence-electron chi connectivity index (χ4n) is 4.43. The highest BCUT2D eigenvalue weighted by atomic mass is 32.2. The fraction of sp³-hybridized carbons (Fsp3) is 0.259. The zero-order valence-corrected chi connectivity index (χ0v) is 20.8. The number of anilines is 1. The predicted molar refractivity (Wildman–Crippen MR) is 133 cm³/mol. The quantitative estimate of drug-likeness (QED) is 0.449. The van der Waals surface area contributed by atoms with Gasteiger partial charge in [-0.05, 0) is 53.4 Å². The molecule has 2 heterocycles. The van der Waals surface area contributed by atoms with Crippen molar-refractivity contribution in [1.82, 2.24) is 4.31 Å². The number of benzene rings is 3. The summed E-state index contributed by atoms with van der Waals surface area (Å²) < 4.78 is 39.4. The van der Waals surface area contributed by atoms with Crippen molar-refractivity contribution < 1.29 is 27.5 Å². The van der Waals surface area contributed by atoms with Gasteiger partial charge in [0.2, 0.25) is 22.7 Å². The van der Waals surface area contributed by atoms with Crippen LogP contribution in [0.2, 0.25) is 0 Å². The van der Waals surface area contributed by atoms with Crippen LogP contribution < -0.4 is 14.4 Å². The number of hydrogen-bond donors (Lipinski definition) is 0. The van der Waals surface area contributed by atoms with Gasteiger partial charge in [-0.3, -0.25) is 9.59 Å². The maximum atomic E-state index is 13.8. The Morgan fingerprint density at radius 1 is 0.944 bits per heavy atom. The first-order valence-electron chi connectivity index (χ1n) is 11.7. The van der Waals surface area contributed by atoms with Crippen molar-refractivity contribution in [3.63, 3.8) is 0 Å². The van der Waals surface area contributed by atoms with Gasteiger partial charge >= 0.3 is 0 Å². The van der Waals surface area contributed by atoms with Crippen molar-refractivity contribution in [2.75, 3.05) is 11.7 Å². The van der Waals surface area contributed by atoms with E-state index in [1.165, 1.54) is 12.1 Å². The lowest BCUT2D eigenvalue weighted by Gasteiger charge is -2.27. The van der Waals surface area contributed by atoms with E-state index in [-0.39, 0.29) is 24.7 Å². The van der Waals surface area contributed by atoms with Crippen molar-refractivity contribution in [2.24, 2.45) is 0 Å². The van der Waals surface area contributed by atoms with Crippen LogP contribution in [-0.2, 0) is 26.2 Å². The Hall–Kier alpha value is -3.69. The van der Waals surface area contributed by atoms with Crippen molar-refractivity contribution >= 4 is 27.5 Å². The minimum absolute atomic E-state index is 0.0470. The third kappa shape index (κ3) is 4.36. The molecular weight excluding hydrogens is 480 g/mol. The molecule has 0 aromatic heterocycles. The molecule has 1 fully saturated rings. The number of sulfonamides is 1. The van der Waals surface area contributed by atoms with E-state index >= 15 is 0 Å². The standard InChI is InChI=1S/C27H26N2O6S/c1-18(2)20-9-11-21(12-10-20)29-26(30)15-23(27(29)31)28(36(32,33)22-6-4-3-5-7-22)16-19-8-13-24-25(14-19)35-17-34-24/h3-14,18,23H,15-17H2,1-2H3. The number of carbonyl (C=O) groups excluding carboxylic acids is 2. The van der Waals surface area contributed by atoms with E-state index in [2.05, 4.69) is 13.8 Å². The van der Waals surface area contributed by atoms with E-state index in [4.69, 9.17) is 9.47 Å². The summed E-state index contributed by atoms with van der Waals surface area (Å²) in [7, 11) is -4.12. The number of rotatable bonds is 7. The zero-order chi connectivity index (χ0) is 25.4. The van der Waals surface area contributed by atoms with Crippen LogP contribution in [0.15, 0.2) is 77.7 Å². The van der Waals surface area contributed by atoms with E-state index in [9.17, 15) is 18.0 Å². The Bertz CT molecular complexity index is 1400. The monoisotopic (exact) mass is 506 g/mol. The molecule has 0 spiro atoms. The topological polar surface area (TPSA) is 93.2 Å². The molecule has 2 amide bonds. The summed E-state index contributed by atoms with van der Waals surface area (Å²) in [6, 6.07) is 19.1. The van der Waals surface area contributed by atoms with Gasteiger partial charge in [0.25, 0.3) is 5.91 Å². The molecule has 0 N–H and O–H groups in total. The summed E-state index contributed by atoms with van der Waals surface area (Å²) in [6.07, 6.45) is -0.249. The molecule has 186 valence electrons. The highest BCUT2D eigenvalue weighted by Crippen LogP contribution is 2.35. The Morgan fingerprint density at radius 3 is 2.33 bits per heavy atom. The summed E-state index contributed by atoms with van der Waals surface area (Å²) in [5.74, 6) is 0.355. The second kappa shape index (κ2) is 9.40. The SMILES string of the molecule is CC(C)c1ccc(N2C(=O)CC(N(Cc3ccc4c(c3)OCO4)S(=O)(=O)c3ccccc3)C2=O)cc1. The van der Waals surface area contributed by atoms with Crippen LogP contribution in [0.5, 0.6) is 11.5 Å². The smallest absolute Gasteiger partial charge is 0.252 e. The molecule has 3 aromatic carbocycles. The number of imide groups is 1. The first-order valence-corrected chi connectivity index (χ1v) is 13.1. The second-order valence-corrected chi connectivity index (χ2v) is 11.0. The van der Waals surface area contributed by atoms with Crippen molar-refractivity contribution in [3.8, 4) is 11.5 Å². The Morgan fingerprint density at radius 2 is 1.64 bits per heavy atom. The summed E-state index contributed by atoms with van der Waals surface area (Å²) in [5.41, 5.74) is 2.11. The Labute approximate surface area is 210 Å². The molecule has 1 atom stereocenters. The van der Waals surface area contributed by atoms with E-state index in [0.717, 1.165) is 14.8 Å². The third-order valence-corrected chi connectivity index (χ3v) is 8.28. The molecule has 2 aliphatic rings. The van der Waals surface area contributed by atoms with E-state index in [0.29, 0.717) is 28.7 Å². The van der Waals surface area contributed by atoms with Gasteiger partial charge in [-0.1, -0.05) is 50.2 Å². The number of nitrogens with zero attached hydrogens (tertiary/aromatic N) is 2. The molecule has 1 unspecified atom stereocenters. The minimum atomic E-state index is -4.12. The van der Waals surface area contributed by atoms with Crippen molar-refractivity contribution in [2.45, 2.75) is 43.7 Å². The van der Waals surface area contributed by atoms with Gasteiger partial charge in [-0.2, -0.15) is 4.31 Å². The minimum Gasteiger partial charge on any atom is -0.454 e. The van der Waals surface area contributed by atoms with Crippen molar-refractivity contribution in [3.05, 3.63) is 83.9 Å². The lowest BCUT2D eigenvalue weighted by molar-refractivity contribution is -0.122. The number of ether oxygens (including phenoxy) is 2. The van der Waals surface area contributed by atoms with E-state index in [1.807, 2.05) is 12.1 Å². The number of fused-ring (bicyclic) bond motifs is 1. The fourth-order valence-corrected chi connectivity index (χ4v) is 6.02. The molecule has 0 radical (unpaired) electrons. The van der Waals surface area contributed by atoms with Crippen LogP contribution in [0.1, 0.15) is 37.3 Å². The van der Waals surface area contributed by atoms with Crippen LogP contribution >= 0.6 is 0 Å². The average Bonchev–Trinajstić information content (AvgIpc) is 3.46. The third-order valence-electron chi connectivity index (χ3n) is 6.41. The molecule has 5 rings (SSSR count). The molecule has 0 saturated carbocycles. The van der Waals surface area contributed by atoms with E-state index < -0.39 is 27.9 Å². The van der Waals surface area contributed by atoms with Gasteiger partial charge in [0.05, 0.1) is 17.0 Å². The first-order chi connectivity index (χ1) is 17.3. The number of hydrogen-bond acceptors (Lipinski definition) is 6. The van der Waals surface area contributed by atoms with Gasteiger partial charge in [-0.15, -0.1) is 0 Å². The summed E-state index contributed by atoms with van der Waals surface area (Å²) in [6.45, 7) is 4.09. The molecule has 3 aromatic rings. The van der Waals surface area contributed by atoms with Gasteiger partial charge in [0.1, 0.15) is 6.04 Å². The van der Waals surface area contributed by atoms with Gasteiger partial charge in [0, 0.05) is 6.54 Å². The zero-order valence-electron chi connectivity index (χ0n) is 20.0.